The first-order valence-electron chi connectivity index (χ1n) is 12.0. The Labute approximate surface area is 197 Å². The Morgan fingerprint density at radius 2 is 1.82 bits per heavy atom. The third kappa shape index (κ3) is 5.11. The Morgan fingerprint density at radius 1 is 1.06 bits per heavy atom. The largest absolute Gasteiger partial charge is 0.381 e. The van der Waals surface area contributed by atoms with Crippen LogP contribution in [0.5, 0.6) is 0 Å². The molecule has 1 fully saturated rings. The molecule has 6 heteroatoms. The molecule has 1 aliphatic rings. The highest BCUT2D eigenvalue weighted by molar-refractivity contribution is 5.40. The third-order valence-electron chi connectivity index (χ3n) is 7.24. The van der Waals surface area contributed by atoms with Gasteiger partial charge < -0.3 is 10.1 Å². The summed E-state index contributed by atoms with van der Waals surface area (Å²) in [5.41, 5.74) is 7.37. The predicted molar refractivity (Wildman–Crippen MR) is 133 cm³/mol. The van der Waals surface area contributed by atoms with Crippen LogP contribution >= 0.6 is 0 Å². The van der Waals surface area contributed by atoms with E-state index >= 15 is 0 Å². The minimum atomic E-state index is 0.0517. The summed E-state index contributed by atoms with van der Waals surface area (Å²) in [4.78, 5) is 9.47. The SMILES string of the molecule is Cc1cccc(C2(CNc3cc([C@H](C)Cn4nc(C)c(C)c4C)nc(C)n3)CCOCC2)c1. The molecular formula is C27H37N5O. The van der Waals surface area contributed by atoms with Gasteiger partial charge in [-0.2, -0.15) is 5.10 Å². The van der Waals surface area contributed by atoms with Crippen molar-refractivity contribution >= 4 is 5.82 Å². The summed E-state index contributed by atoms with van der Waals surface area (Å²) >= 11 is 0. The number of aryl methyl sites for hydroxylation is 3. The zero-order valence-corrected chi connectivity index (χ0v) is 20.9. The van der Waals surface area contributed by atoms with Crippen molar-refractivity contribution < 1.29 is 4.74 Å². The van der Waals surface area contributed by atoms with Crippen molar-refractivity contribution in [1.29, 1.82) is 0 Å². The van der Waals surface area contributed by atoms with Gasteiger partial charge in [0.1, 0.15) is 11.6 Å². The first kappa shape index (κ1) is 23.4. The summed E-state index contributed by atoms with van der Waals surface area (Å²) in [6, 6.07) is 11.0. The first-order valence-corrected chi connectivity index (χ1v) is 12.0. The summed E-state index contributed by atoms with van der Waals surface area (Å²) in [6.45, 7) is 15.9. The maximum Gasteiger partial charge on any atom is 0.129 e. The summed E-state index contributed by atoms with van der Waals surface area (Å²) in [6.07, 6.45) is 2.02. The van der Waals surface area contributed by atoms with Crippen molar-refractivity contribution in [3.63, 3.8) is 0 Å². The van der Waals surface area contributed by atoms with Gasteiger partial charge in [0.2, 0.25) is 0 Å². The number of aromatic nitrogens is 4. The number of rotatable bonds is 7. The molecule has 6 nitrogen and oxygen atoms in total. The molecule has 0 radical (unpaired) electrons. The van der Waals surface area contributed by atoms with E-state index in [1.54, 1.807) is 0 Å². The summed E-state index contributed by atoms with van der Waals surface area (Å²) in [7, 11) is 0. The fourth-order valence-electron chi connectivity index (χ4n) is 4.82. The van der Waals surface area contributed by atoms with Gasteiger partial charge in [-0.1, -0.05) is 36.8 Å². The molecule has 3 heterocycles. The van der Waals surface area contributed by atoms with Crippen molar-refractivity contribution in [2.24, 2.45) is 0 Å². The molecule has 1 aliphatic heterocycles. The second-order valence-corrected chi connectivity index (χ2v) is 9.72. The monoisotopic (exact) mass is 447 g/mol. The maximum atomic E-state index is 5.71. The normalized spacial score (nSPS) is 16.5. The van der Waals surface area contributed by atoms with Gasteiger partial charge in [0.25, 0.3) is 0 Å². The Morgan fingerprint density at radius 3 is 2.48 bits per heavy atom. The Kier molecular flexibility index (Phi) is 6.84. The first-order chi connectivity index (χ1) is 15.8. The van der Waals surface area contributed by atoms with Crippen LogP contribution in [-0.2, 0) is 16.7 Å². The van der Waals surface area contributed by atoms with Crippen molar-refractivity contribution in [2.75, 3.05) is 25.1 Å². The molecule has 176 valence electrons. The van der Waals surface area contributed by atoms with E-state index in [-0.39, 0.29) is 11.3 Å². The van der Waals surface area contributed by atoms with Crippen molar-refractivity contribution in [3.8, 4) is 0 Å². The van der Waals surface area contributed by atoms with Gasteiger partial charge in [-0.05, 0) is 58.6 Å². The smallest absolute Gasteiger partial charge is 0.129 e. The van der Waals surface area contributed by atoms with Crippen molar-refractivity contribution in [3.05, 3.63) is 69.9 Å². The molecule has 4 rings (SSSR count). The summed E-state index contributed by atoms with van der Waals surface area (Å²) in [5.74, 6) is 1.92. The average molecular weight is 448 g/mol. The Balaban J connectivity index is 1.54. The number of nitrogens with one attached hydrogen (secondary N) is 1. The molecule has 0 spiro atoms. The van der Waals surface area contributed by atoms with Crippen LogP contribution in [0.4, 0.5) is 5.82 Å². The zero-order chi connectivity index (χ0) is 23.6. The second kappa shape index (κ2) is 9.64. The minimum Gasteiger partial charge on any atom is -0.381 e. The van der Waals surface area contributed by atoms with E-state index in [0.29, 0.717) is 0 Å². The van der Waals surface area contributed by atoms with Gasteiger partial charge >= 0.3 is 0 Å². The van der Waals surface area contributed by atoms with Crippen LogP contribution in [0.3, 0.4) is 0 Å². The molecule has 0 amide bonds. The highest BCUT2D eigenvalue weighted by Crippen LogP contribution is 2.35. The van der Waals surface area contributed by atoms with E-state index in [1.165, 1.54) is 22.4 Å². The van der Waals surface area contributed by atoms with Crippen LogP contribution in [0.1, 0.15) is 65.3 Å². The van der Waals surface area contributed by atoms with E-state index < -0.39 is 0 Å². The van der Waals surface area contributed by atoms with Gasteiger partial charge in [0, 0.05) is 49.4 Å². The Hall–Kier alpha value is -2.73. The van der Waals surface area contributed by atoms with E-state index in [0.717, 1.165) is 62.2 Å². The number of hydrogen-bond donors (Lipinski definition) is 1. The van der Waals surface area contributed by atoms with Crippen molar-refractivity contribution in [1.82, 2.24) is 19.7 Å². The lowest BCUT2D eigenvalue weighted by atomic mass is 9.73. The van der Waals surface area contributed by atoms with E-state index in [1.807, 2.05) is 6.92 Å². The second-order valence-electron chi connectivity index (χ2n) is 9.72. The van der Waals surface area contributed by atoms with E-state index in [2.05, 4.69) is 74.9 Å². The molecule has 0 aliphatic carbocycles. The average Bonchev–Trinajstić information content (AvgIpc) is 3.04. The number of anilines is 1. The molecular weight excluding hydrogens is 410 g/mol. The topological polar surface area (TPSA) is 64.9 Å². The molecule has 0 bridgehead atoms. The van der Waals surface area contributed by atoms with Crippen molar-refractivity contribution in [2.45, 2.75) is 72.3 Å². The highest BCUT2D eigenvalue weighted by Gasteiger charge is 2.34. The highest BCUT2D eigenvalue weighted by atomic mass is 16.5. The van der Waals surface area contributed by atoms with Gasteiger partial charge in [-0.3, -0.25) is 4.68 Å². The van der Waals surface area contributed by atoms with Gasteiger partial charge in [0.05, 0.1) is 11.4 Å². The lowest BCUT2D eigenvalue weighted by molar-refractivity contribution is 0.0543. The fourth-order valence-corrected chi connectivity index (χ4v) is 4.82. The van der Waals surface area contributed by atoms with Gasteiger partial charge in [0.15, 0.2) is 0 Å². The molecule has 0 unspecified atom stereocenters. The van der Waals surface area contributed by atoms with Crippen LogP contribution in [0.2, 0.25) is 0 Å². The standard InChI is InChI=1S/C27H37N5O/c1-18-8-7-9-24(14-18)27(10-12-33-13-11-27)17-28-26-15-25(29-23(6)30-26)19(2)16-32-22(5)20(3)21(4)31-32/h7-9,14-15,19H,10-13,16-17H2,1-6H3,(H,28,29,30)/t19-/m1/s1. The quantitative estimate of drug-likeness (QED) is 0.541. The van der Waals surface area contributed by atoms with Crippen LogP contribution < -0.4 is 5.32 Å². The van der Waals surface area contributed by atoms with Gasteiger partial charge in [-0.15, -0.1) is 0 Å². The molecule has 1 aromatic carbocycles. The molecule has 3 aromatic rings. The summed E-state index contributed by atoms with van der Waals surface area (Å²) in [5, 5.41) is 8.38. The van der Waals surface area contributed by atoms with Crippen LogP contribution in [0.15, 0.2) is 30.3 Å². The van der Waals surface area contributed by atoms with Crippen LogP contribution in [0.25, 0.3) is 0 Å². The molecule has 2 aromatic heterocycles. The number of ether oxygens (including phenoxy) is 1. The van der Waals surface area contributed by atoms with Gasteiger partial charge in [-0.25, -0.2) is 9.97 Å². The number of benzene rings is 1. The van der Waals surface area contributed by atoms with Crippen LogP contribution in [-0.4, -0.2) is 39.5 Å². The number of nitrogens with zero attached hydrogens (tertiary/aromatic N) is 4. The lowest BCUT2D eigenvalue weighted by Crippen LogP contribution is -2.40. The molecule has 1 atom stereocenters. The zero-order valence-electron chi connectivity index (χ0n) is 20.9. The Bertz CT molecular complexity index is 1110. The third-order valence-corrected chi connectivity index (χ3v) is 7.24. The fraction of sp³-hybridized carbons (Fsp3) is 0.519. The molecule has 0 saturated carbocycles. The van der Waals surface area contributed by atoms with E-state index in [9.17, 15) is 0 Å². The molecule has 1 N–H and O–H groups in total. The summed E-state index contributed by atoms with van der Waals surface area (Å²) < 4.78 is 7.82. The van der Waals surface area contributed by atoms with Crippen LogP contribution in [0, 0.1) is 34.6 Å². The molecule has 33 heavy (non-hydrogen) atoms. The number of hydrogen-bond acceptors (Lipinski definition) is 5. The predicted octanol–water partition coefficient (Wildman–Crippen LogP) is 5.18. The minimum absolute atomic E-state index is 0.0517. The van der Waals surface area contributed by atoms with E-state index in [4.69, 9.17) is 19.8 Å². The molecule has 1 saturated heterocycles. The lowest BCUT2D eigenvalue weighted by Gasteiger charge is -2.38. The maximum absolute atomic E-state index is 5.71.